The maximum absolute atomic E-state index is 12.3. The second kappa shape index (κ2) is 6.64. The van der Waals surface area contributed by atoms with Crippen LogP contribution >= 0.6 is 11.6 Å². The van der Waals surface area contributed by atoms with E-state index in [1.54, 1.807) is 19.1 Å². The lowest BCUT2D eigenvalue weighted by molar-refractivity contribution is -0.122. The number of carbonyl (C=O) groups is 1. The van der Waals surface area contributed by atoms with E-state index >= 15 is 0 Å². The molecule has 2 aromatic carbocycles. The van der Waals surface area contributed by atoms with Gasteiger partial charge in [-0.25, -0.2) is 0 Å². The summed E-state index contributed by atoms with van der Waals surface area (Å²) >= 11 is 6.03. The summed E-state index contributed by atoms with van der Waals surface area (Å²) in [6.45, 7) is 5.62. The fraction of sp³-hybridized carbons (Fsp3) is 0.235. The van der Waals surface area contributed by atoms with Crippen LogP contribution in [0.2, 0.25) is 5.02 Å². The van der Waals surface area contributed by atoms with Crippen LogP contribution in [0.1, 0.15) is 18.1 Å². The van der Waals surface area contributed by atoms with Crippen molar-refractivity contribution >= 4 is 23.2 Å². The van der Waals surface area contributed by atoms with Crippen molar-refractivity contribution in [3.8, 4) is 5.75 Å². The molecule has 2 rings (SSSR count). The minimum atomic E-state index is -0.635. The standard InChI is InChI=1S/C17H18ClNO2/c1-11-7-6-8-12(2)16(11)19-17(20)13(3)21-15-10-5-4-9-14(15)18/h4-10,13H,1-3H3,(H,19,20)/t13-/m0/s1. The average molecular weight is 304 g/mol. The van der Waals surface area contributed by atoms with Gasteiger partial charge < -0.3 is 10.1 Å². The molecule has 110 valence electrons. The van der Waals surface area contributed by atoms with E-state index in [0.717, 1.165) is 16.8 Å². The second-order valence-electron chi connectivity index (χ2n) is 4.95. The molecule has 0 saturated heterocycles. The number of nitrogens with one attached hydrogen (secondary N) is 1. The number of aryl methyl sites for hydroxylation is 2. The largest absolute Gasteiger partial charge is 0.479 e. The van der Waals surface area contributed by atoms with Crippen LogP contribution in [0.15, 0.2) is 42.5 Å². The first-order valence-corrected chi connectivity index (χ1v) is 7.15. The normalized spacial score (nSPS) is 11.8. The van der Waals surface area contributed by atoms with Crippen LogP contribution < -0.4 is 10.1 Å². The van der Waals surface area contributed by atoms with Gasteiger partial charge in [-0.2, -0.15) is 0 Å². The highest BCUT2D eigenvalue weighted by Crippen LogP contribution is 2.25. The minimum absolute atomic E-state index is 0.202. The number of carbonyl (C=O) groups excluding carboxylic acids is 1. The summed E-state index contributed by atoms with van der Waals surface area (Å²) < 4.78 is 5.61. The van der Waals surface area contributed by atoms with E-state index < -0.39 is 6.10 Å². The Bertz CT molecular complexity index is 635. The molecule has 0 aromatic heterocycles. The van der Waals surface area contributed by atoms with Gasteiger partial charge in [-0.15, -0.1) is 0 Å². The average Bonchev–Trinajstić information content (AvgIpc) is 2.45. The summed E-state index contributed by atoms with van der Waals surface area (Å²) in [5.41, 5.74) is 2.87. The number of ether oxygens (including phenoxy) is 1. The van der Waals surface area contributed by atoms with E-state index in [1.807, 2.05) is 44.2 Å². The number of hydrogen-bond donors (Lipinski definition) is 1. The van der Waals surface area contributed by atoms with Crippen LogP contribution in [0.4, 0.5) is 5.69 Å². The number of para-hydroxylation sites is 2. The molecular formula is C17H18ClNO2. The molecule has 3 nitrogen and oxygen atoms in total. The second-order valence-corrected chi connectivity index (χ2v) is 5.35. The third-order valence-electron chi connectivity index (χ3n) is 3.24. The Morgan fingerprint density at radius 3 is 2.33 bits per heavy atom. The molecule has 0 fully saturated rings. The summed E-state index contributed by atoms with van der Waals surface area (Å²) in [5, 5.41) is 3.40. The molecule has 0 bridgehead atoms. The molecule has 0 aliphatic rings. The Balaban J connectivity index is 2.08. The number of halogens is 1. The topological polar surface area (TPSA) is 38.3 Å². The van der Waals surface area contributed by atoms with Gasteiger partial charge in [-0.05, 0) is 44.0 Å². The molecule has 1 N–H and O–H groups in total. The lowest BCUT2D eigenvalue weighted by Crippen LogP contribution is -2.30. The first kappa shape index (κ1) is 15.4. The number of hydrogen-bond acceptors (Lipinski definition) is 2. The van der Waals surface area contributed by atoms with Crippen LogP contribution in [0, 0.1) is 13.8 Å². The van der Waals surface area contributed by atoms with Gasteiger partial charge >= 0.3 is 0 Å². The third kappa shape index (κ3) is 3.76. The highest BCUT2D eigenvalue weighted by Gasteiger charge is 2.17. The Hall–Kier alpha value is -2.00. The monoisotopic (exact) mass is 303 g/mol. The summed E-state index contributed by atoms with van der Waals surface area (Å²) in [6.07, 6.45) is -0.635. The Kier molecular flexibility index (Phi) is 4.86. The molecule has 1 amide bonds. The summed E-state index contributed by atoms with van der Waals surface area (Å²) in [4.78, 5) is 12.3. The summed E-state index contributed by atoms with van der Waals surface area (Å²) in [7, 11) is 0. The van der Waals surface area contributed by atoms with E-state index in [1.165, 1.54) is 0 Å². The molecule has 0 aliphatic carbocycles. The van der Waals surface area contributed by atoms with E-state index in [0.29, 0.717) is 10.8 Å². The zero-order valence-corrected chi connectivity index (χ0v) is 13.1. The van der Waals surface area contributed by atoms with Gasteiger partial charge in [0.05, 0.1) is 5.02 Å². The lowest BCUT2D eigenvalue weighted by Gasteiger charge is -2.17. The van der Waals surface area contributed by atoms with Crippen molar-refractivity contribution in [2.75, 3.05) is 5.32 Å². The molecule has 0 unspecified atom stereocenters. The highest BCUT2D eigenvalue weighted by atomic mass is 35.5. The fourth-order valence-electron chi connectivity index (χ4n) is 2.02. The number of rotatable bonds is 4. The molecule has 0 spiro atoms. The van der Waals surface area contributed by atoms with Gasteiger partial charge in [0, 0.05) is 5.69 Å². The summed E-state index contributed by atoms with van der Waals surface area (Å²) in [5.74, 6) is 0.302. The maximum atomic E-state index is 12.3. The predicted octanol–water partition coefficient (Wildman–Crippen LogP) is 4.36. The Morgan fingerprint density at radius 1 is 1.10 bits per heavy atom. The van der Waals surface area contributed by atoms with E-state index in [9.17, 15) is 4.79 Å². The fourth-order valence-corrected chi connectivity index (χ4v) is 2.20. The van der Waals surface area contributed by atoms with Crippen LogP contribution in [0.25, 0.3) is 0 Å². The number of amides is 1. The highest BCUT2D eigenvalue weighted by molar-refractivity contribution is 6.32. The van der Waals surface area contributed by atoms with Gasteiger partial charge in [0.15, 0.2) is 6.10 Å². The zero-order chi connectivity index (χ0) is 15.4. The SMILES string of the molecule is Cc1cccc(C)c1NC(=O)[C@H](C)Oc1ccccc1Cl. The van der Waals surface area contributed by atoms with Crippen molar-refractivity contribution in [2.24, 2.45) is 0 Å². The Morgan fingerprint density at radius 2 is 1.71 bits per heavy atom. The van der Waals surface area contributed by atoms with Crippen LogP contribution in [-0.4, -0.2) is 12.0 Å². The molecule has 0 saturated carbocycles. The molecule has 0 heterocycles. The summed E-state index contributed by atoms with van der Waals surface area (Å²) in [6, 6.07) is 13.0. The molecular weight excluding hydrogens is 286 g/mol. The molecule has 0 radical (unpaired) electrons. The molecule has 4 heteroatoms. The van der Waals surface area contributed by atoms with E-state index in [-0.39, 0.29) is 5.91 Å². The quantitative estimate of drug-likeness (QED) is 0.911. The smallest absolute Gasteiger partial charge is 0.265 e. The van der Waals surface area contributed by atoms with Gasteiger partial charge in [-0.3, -0.25) is 4.79 Å². The first-order valence-electron chi connectivity index (χ1n) is 6.77. The minimum Gasteiger partial charge on any atom is -0.479 e. The third-order valence-corrected chi connectivity index (χ3v) is 3.55. The first-order chi connectivity index (χ1) is 9.99. The van der Waals surface area contributed by atoms with Crippen molar-refractivity contribution in [1.82, 2.24) is 0 Å². The van der Waals surface area contributed by atoms with E-state index in [2.05, 4.69) is 5.32 Å². The molecule has 21 heavy (non-hydrogen) atoms. The Labute approximate surface area is 129 Å². The van der Waals surface area contributed by atoms with Crippen LogP contribution in [-0.2, 0) is 4.79 Å². The maximum Gasteiger partial charge on any atom is 0.265 e. The zero-order valence-electron chi connectivity index (χ0n) is 12.3. The molecule has 2 aromatic rings. The van der Waals surface area contributed by atoms with Gasteiger partial charge in [0.2, 0.25) is 0 Å². The predicted molar refractivity (Wildman–Crippen MR) is 86.1 cm³/mol. The molecule has 0 aliphatic heterocycles. The van der Waals surface area contributed by atoms with Gasteiger partial charge in [0.25, 0.3) is 5.91 Å². The van der Waals surface area contributed by atoms with Gasteiger partial charge in [-0.1, -0.05) is 41.9 Å². The number of anilines is 1. The lowest BCUT2D eigenvalue weighted by atomic mass is 10.1. The van der Waals surface area contributed by atoms with Crippen molar-refractivity contribution in [3.05, 3.63) is 58.6 Å². The van der Waals surface area contributed by atoms with Crippen molar-refractivity contribution in [2.45, 2.75) is 26.9 Å². The van der Waals surface area contributed by atoms with Crippen LogP contribution in [0.5, 0.6) is 5.75 Å². The van der Waals surface area contributed by atoms with E-state index in [4.69, 9.17) is 16.3 Å². The van der Waals surface area contributed by atoms with Crippen molar-refractivity contribution < 1.29 is 9.53 Å². The van der Waals surface area contributed by atoms with Crippen molar-refractivity contribution in [3.63, 3.8) is 0 Å². The van der Waals surface area contributed by atoms with Gasteiger partial charge in [0.1, 0.15) is 5.75 Å². The number of benzene rings is 2. The molecule has 1 atom stereocenters. The van der Waals surface area contributed by atoms with Crippen LogP contribution in [0.3, 0.4) is 0 Å². The van der Waals surface area contributed by atoms with Crippen molar-refractivity contribution in [1.29, 1.82) is 0 Å².